The number of amides is 1. The summed E-state index contributed by atoms with van der Waals surface area (Å²) in [4.78, 5) is 41.5. The number of pyridine rings is 1. The van der Waals surface area contributed by atoms with Gasteiger partial charge >= 0.3 is 0 Å². The number of hydrogen-bond donors (Lipinski definition) is 1. The molecule has 28 heavy (non-hydrogen) atoms. The van der Waals surface area contributed by atoms with Crippen molar-refractivity contribution in [1.29, 1.82) is 0 Å². The number of carbonyl (C=O) groups excluding carboxylic acids is 2. The summed E-state index contributed by atoms with van der Waals surface area (Å²) in [6, 6.07) is 2.81. The van der Waals surface area contributed by atoms with Crippen LogP contribution in [0.1, 0.15) is 28.7 Å². The Balaban J connectivity index is 2.16. The van der Waals surface area contributed by atoms with Gasteiger partial charge in [0.05, 0.1) is 22.9 Å². The molecule has 0 unspecified atom stereocenters. The molecule has 3 rings (SSSR count). The van der Waals surface area contributed by atoms with Gasteiger partial charge in [0.15, 0.2) is 0 Å². The molecule has 0 radical (unpaired) electrons. The maximum Gasteiger partial charge on any atom is 0.295 e. The number of likely N-dealkylation sites (N-methyl/N-ethyl adjacent to an activating group) is 1. The van der Waals surface area contributed by atoms with E-state index in [0.29, 0.717) is 35.7 Å². The molecule has 1 aliphatic heterocycles. The second kappa shape index (κ2) is 7.85. The largest absolute Gasteiger partial charge is 0.507 e. The third-order valence-electron chi connectivity index (χ3n) is 4.68. The molecule has 1 atom stereocenters. The lowest BCUT2D eigenvalue weighted by Gasteiger charge is -2.26. The Morgan fingerprint density at radius 2 is 2.00 bits per heavy atom. The van der Waals surface area contributed by atoms with Crippen molar-refractivity contribution in [3.05, 3.63) is 58.9 Å². The first-order chi connectivity index (χ1) is 13.3. The van der Waals surface area contributed by atoms with E-state index < -0.39 is 17.7 Å². The van der Waals surface area contributed by atoms with E-state index in [9.17, 15) is 14.7 Å². The minimum absolute atomic E-state index is 0.0345. The van der Waals surface area contributed by atoms with Crippen molar-refractivity contribution in [2.75, 3.05) is 27.2 Å². The zero-order valence-corrected chi connectivity index (χ0v) is 16.4. The molecule has 0 saturated carbocycles. The van der Waals surface area contributed by atoms with Crippen molar-refractivity contribution in [2.24, 2.45) is 0 Å². The Hall–Kier alpha value is -3.13. The van der Waals surface area contributed by atoms with Crippen LogP contribution in [0.4, 0.5) is 0 Å². The minimum atomic E-state index is -0.718. The van der Waals surface area contributed by atoms with Gasteiger partial charge in [-0.2, -0.15) is 0 Å². The van der Waals surface area contributed by atoms with Crippen LogP contribution in [0.2, 0.25) is 0 Å². The van der Waals surface area contributed by atoms with Crippen LogP contribution in [0.15, 0.2) is 36.3 Å². The van der Waals surface area contributed by atoms with Crippen LogP contribution in [0.5, 0.6) is 0 Å². The average molecular weight is 381 g/mol. The van der Waals surface area contributed by atoms with Gasteiger partial charge in [-0.3, -0.25) is 14.6 Å². The van der Waals surface area contributed by atoms with E-state index >= 15 is 0 Å². The molecule has 2 aromatic rings. The van der Waals surface area contributed by atoms with Gasteiger partial charge in [0.2, 0.25) is 0 Å². The highest BCUT2D eigenvalue weighted by Crippen LogP contribution is 2.39. The van der Waals surface area contributed by atoms with Crippen molar-refractivity contribution in [2.45, 2.75) is 19.9 Å². The molecular formula is C20H23N5O3. The van der Waals surface area contributed by atoms with Gasteiger partial charge < -0.3 is 14.9 Å². The quantitative estimate of drug-likeness (QED) is 0.476. The fourth-order valence-corrected chi connectivity index (χ4v) is 3.26. The van der Waals surface area contributed by atoms with Gasteiger partial charge in [-0.15, -0.1) is 0 Å². The molecule has 0 spiro atoms. The van der Waals surface area contributed by atoms with Crippen LogP contribution in [0.3, 0.4) is 0 Å². The first kappa shape index (κ1) is 19.6. The van der Waals surface area contributed by atoms with Gasteiger partial charge in [-0.05, 0) is 39.6 Å². The second-order valence-corrected chi connectivity index (χ2v) is 7.00. The van der Waals surface area contributed by atoms with Crippen LogP contribution >= 0.6 is 0 Å². The molecule has 8 nitrogen and oxygen atoms in total. The Morgan fingerprint density at radius 3 is 2.61 bits per heavy atom. The van der Waals surface area contributed by atoms with E-state index in [2.05, 4.69) is 15.0 Å². The van der Waals surface area contributed by atoms with Crippen LogP contribution in [-0.4, -0.2) is 68.7 Å². The number of hydrogen-bond acceptors (Lipinski definition) is 7. The Labute approximate surface area is 163 Å². The molecule has 2 aromatic heterocycles. The van der Waals surface area contributed by atoms with Gasteiger partial charge in [-0.1, -0.05) is 6.07 Å². The molecule has 0 aromatic carbocycles. The summed E-state index contributed by atoms with van der Waals surface area (Å²) in [5.74, 6) is -1.06. The van der Waals surface area contributed by atoms with E-state index in [1.54, 1.807) is 38.4 Å². The molecule has 146 valence electrons. The molecule has 1 aliphatic rings. The lowest BCUT2D eigenvalue weighted by molar-refractivity contribution is -0.140. The molecule has 1 fully saturated rings. The Bertz CT molecular complexity index is 940. The van der Waals surface area contributed by atoms with Crippen molar-refractivity contribution in [3.8, 4) is 0 Å². The van der Waals surface area contributed by atoms with E-state index in [1.807, 2.05) is 19.0 Å². The number of likely N-dealkylation sites (tertiary alicyclic amines) is 1. The Kier molecular flexibility index (Phi) is 5.51. The first-order valence-electron chi connectivity index (χ1n) is 8.95. The lowest BCUT2D eigenvalue weighted by atomic mass is 9.96. The summed E-state index contributed by atoms with van der Waals surface area (Å²) in [7, 11) is 3.78. The van der Waals surface area contributed by atoms with E-state index in [4.69, 9.17) is 0 Å². The number of aliphatic hydroxyl groups is 1. The highest BCUT2D eigenvalue weighted by molar-refractivity contribution is 6.46. The number of Topliss-reactive ketones (excluding diaryl/α,β-unsaturated/α-hetero) is 1. The maximum atomic E-state index is 12.9. The molecule has 0 aliphatic carbocycles. The van der Waals surface area contributed by atoms with Crippen molar-refractivity contribution in [1.82, 2.24) is 24.8 Å². The van der Waals surface area contributed by atoms with Crippen molar-refractivity contribution in [3.63, 3.8) is 0 Å². The van der Waals surface area contributed by atoms with E-state index in [1.165, 1.54) is 11.1 Å². The summed E-state index contributed by atoms with van der Waals surface area (Å²) >= 11 is 0. The number of carbonyl (C=O) groups is 2. The molecule has 8 heteroatoms. The zero-order valence-electron chi connectivity index (χ0n) is 16.4. The Morgan fingerprint density at radius 1 is 1.25 bits per heavy atom. The minimum Gasteiger partial charge on any atom is -0.507 e. The number of rotatable bonds is 5. The fraction of sp³-hybridized carbons (Fsp3) is 0.350. The molecule has 1 N–H and O–H groups in total. The van der Waals surface area contributed by atoms with Crippen LogP contribution < -0.4 is 0 Å². The highest BCUT2D eigenvalue weighted by atomic mass is 16.3. The topological polar surface area (TPSA) is 99.5 Å². The van der Waals surface area contributed by atoms with Gasteiger partial charge in [-0.25, -0.2) is 9.97 Å². The monoisotopic (exact) mass is 381 g/mol. The molecule has 3 heterocycles. The van der Waals surface area contributed by atoms with Gasteiger partial charge in [0, 0.05) is 31.7 Å². The smallest absolute Gasteiger partial charge is 0.295 e. The third kappa shape index (κ3) is 3.63. The predicted octanol–water partition coefficient (Wildman–Crippen LogP) is 1.47. The van der Waals surface area contributed by atoms with Crippen LogP contribution in [0.25, 0.3) is 5.76 Å². The highest BCUT2D eigenvalue weighted by Gasteiger charge is 2.46. The van der Waals surface area contributed by atoms with Gasteiger partial charge in [0.25, 0.3) is 11.7 Å². The number of aryl methyl sites for hydroxylation is 2. The average Bonchev–Trinajstić information content (AvgIpc) is 2.91. The van der Waals surface area contributed by atoms with Crippen molar-refractivity contribution < 1.29 is 14.7 Å². The number of aromatic nitrogens is 3. The van der Waals surface area contributed by atoms with Crippen LogP contribution in [0, 0.1) is 13.8 Å². The number of ketones is 1. The second-order valence-electron chi connectivity index (χ2n) is 7.00. The van der Waals surface area contributed by atoms with Crippen molar-refractivity contribution >= 4 is 17.4 Å². The van der Waals surface area contributed by atoms with E-state index in [-0.39, 0.29) is 11.3 Å². The standard InChI is InChI=1S/C20H23N5O3/c1-12-15(11-22-13(2)23-12)18(26)16-17(14-6-5-7-21-10-14)25(9-8-24(3)4)20(28)19(16)27/h5-7,10-11,17,26H,8-9H2,1-4H3/b18-16+/t17-/m1/s1. The predicted molar refractivity (Wildman–Crippen MR) is 103 cm³/mol. The normalized spacial score (nSPS) is 18.9. The summed E-state index contributed by atoms with van der Waals surface area (Å²) in [5, 5.41) is 11.0. The summed E-state index contributed by atoms with van der Waals surface area (Å²) in [6.07, 6.45) is 4.69. The van der Waals surface area contributed by atoms with Gasteiger partial charge in [0.1, 0.15) is 11.6 Å². The molecule has 1 saturated heterocycles. The summed E-state index contributed by atoms with van der Waals surface area (Å²) in [5.41, 5.74) is 1.57. The zero-order chi connectivity index (χ0) is 20.4. The third-order valence-corrected chi connectivity index (χ3v) is 4.68. The fourth-order valence-electron chi connectivity index (χ4n) is 3.26. The lowest BCUT2D eigenvalue weighted by Crippen LogP contribution is -2.35. The summed E-state index contributed by atoms with van der Waals surface area (Å²) in [6.45, 7) is 4.39. The first-order valence-corrected chi connectivity index (χ1v) is 8.95. The van der Waals surface area contributed by atoms with Crippen LogP contribution in [-0.2, 0) is 9.59 Å². The summed E-state index contributed by atoms with van der Waals surface area (Å²) < 4.78 is 0. The van der Waals surface area contributed by atoms with E-state index in [0.717, 1.165) is 0 Å². The maximum absolute atomic E-state index is 12.9. The molecule has 1 amide bonds. The SMILES string of the molecule is Cc1ncc(/C(O)=C2\C(=O)C(=O)N(CCN(C)C)[C@@H]2c2cccnc2)c(C)n1. The number of nitrogens with zero attached hydrogens (tertiary/aromatic N) is 5. The molecule has 0 bridgehead atoms. The number of aliphatic hydroxyl groups excluding tert-OH is 1. The molecular weight excluding hydrogens is 358 g/mol.